The molecular formula is C16H24N2O2. The molecule has 20 heavy (non-hydrogen) atoms. The van der Waals surface area contributed by atoms with E-state index in [1.807, 2.05) is 0 Å². The lowest BCUT2D eigenvalue weighted by molar-refractivity contribution is -0.900. The molecule has 0 saturated carbocycles. The van der Waals surface area contributed by atoms with Crippen LogP contribution in [0.4, 0.5) is 5.69 Å². The molecule has 0 spiro atoms. The van der Waals surface area contributed by atoms with E-state index in [9.17, 15) is 9.90 Å². The van der Waals surface area contributed by atoms with Gasteiger partial charge in [0.15, 0.2) is 0 Å². The van der Waals surface area contributed by atoms with Crippen LogP contribution in [0.1, 0.15) is 24.8 Å². The molecule has 0 aliphatic carbocycles. The summed E-state index contributed by atoms with van der Waals surface area (Å²) in [7, 11) is 0. The van der Waals surface area contributed by atoms with E-state index in [2.05, 4.69) is 36.1 Å². The van der Waals surface area contributed by atoms with E-state index < -0.39 is 5.97 Å². The molecule has 1 heterocycles. The van der Waals surface area contributed by atoms with Gasteiger partial charge in [-0.05, 0) is 43.9 Å². The van der Waals surface area contributed by atoms with E-state index in [4.69, 9.17) is 0 Å². The maximum atomic E-state index is 10.4. The normalized spacial score (nSPS) is 16.4. The van der Waals surface area contributed by atoms with Crippen LogP contribution in [0.25, 0.3) is 0 Å². The van der Waals surface area contributed by atoms with Gasteiger partial charge in [0.2, 0.25) is 0 Å². The van der Waals surface area contributed by atoms with Gasteiger partial charge in [0, 0.05) is 11.7 Å². The molecule has 0 radical (unpaired) electrons. The van der Waals surface area contributed by atoms with E-state index >= 15 is 0 Å². The topological polar surface area (TPSA) is 47.8 Å². The number of benzene rings is 1. The van der Waals surface area contributed by atoms with Crippen LogP contribution in [0.15, 0.2) is 24.3 Å². The molecule has 4 nitrogen and oxygen atoms in total. The summed E-state index contributed by atoms with van der Waals surface area (Å²) in [4.78, 5) is 14.4. The molecule has 0 amide bonds. The van der Waals surface area contributed by atoms with Crippen LogP contribution in [0.5, 0.6) is 0 Å². The SMILES string of the molecule is Cc1cccc(N2CC[NH+](CCCCC(=O)[O-])CC2)c1. The highest BCUT2D eigenvalue weighted by atomic mass is 16.4. The van der Waals surface area contributed by atoms with Gasteiger partial charge in [-0.15, -0.1) is 0 Å². The highest BCUT2D eigenvalue weighted by Gasteiger charge is 2.19. The summed E-state index contributed by atoms with van der Waals surface area (Å²) in [6.07, 6.45) is 1.92. The van der Waals surface area contributed by atoms with Gasteiger partial charge < -0.3 is 19.7 Å². The third-order valence-corrected chi connectivity index (χ3v) is 4.00. The van der Waals surface area contributed by atoms with Gasteiger partial charge in [0.1, 0.15) is 0 Å². The molecule has 1 aromatic rings. The van der Waals surface area contributed by atoms with Gasteiger partial charge in [0.25, 0.3) is 0 Å². The van der Waals surface area contributed by atoms with Crippen molar-refractivity contribution in [3.63, 3.8) is 0 Å². The van der Waals surface area contributed by atoms with E-state index in [1.165, 1.54) is 11.3 Å². The molecule has 0 bridgehead atoms. The average molecular weight is 276 g/mol. The number of nitrogens with one attached hydrogen (secondary N) is 1. The number of rotatable bonds is 6. The van der Waals surface area contributed by atoms with Crippen LogP contribution in [0.2, 0.25) is 0 Å². The Hall–Kier alpha value is -1.55. The van der Waals surface area contributed by atoms with Crippen LogP contribution in [0.3, 0.4) is 0 Å². The molecule has 1 fully saturated rings. The van der Waals surface area contributed by atoms with Crippen LogP contribution < -0.4 is 14.9 Å². The molecule has 1 aliphatic heterocycles. The Labute approximate surface area is 121 Å². The highest BCUT2D eigenvalue weighted by Crippen LogP contribution is 2.15. The third kappa shape index (κ3) is 4.53. The fraction of sp³-hybridized carbons (Fsp3) is 0.562. The lowest BCUT2D eigenvalue weighted by Gasteiger charge is -2.33. The molecule has 1 aliphatic rings. The van der Waals surface area contributed by atoms with Gasteiger partial charge in [-0.2, -0.15) is 0 Å². The Morgan fingerprint density at radius 1 is 1.30 bits per heavy atom. The van der Waals surface area contributed by atoms with Crippen molar-refractivity contribution < 1.29 is 14.8 Å². The van der Waals surface area contributed by atoms with E-state index in [0.29, 0.717) is 0 Å². The van der Waals surface area contributed by atoms with Crippen molar-refractivity contribution in [3.8, 4) is 0 Å². The molecule has 2 rings (SSSR count). The number of carbonyl (C=O) groups excluding carboxylic acids is 1. The van der Waals surface area contributed by atoms with E-state index in [0.717, 1.165) is 45.6 Å². The number of unbranched alkanes of at least 4 members (excludes halogenated alkanes) is 1. The molecule has 1 N–H and O–H groups in total. The van der Waals surface area contributed by atoms with Crippen LogP contribution in [0, 0.1) is 6.92 Å². The Bertz CT molecular complexity index is 440. The second-order valence-corrected chi connectivity index (χ2v) is 5.66. The number of piperazine rings is 1. The summed E-state index contributed by atoms with van der Waals surface area (Å²) in [6.45, 7) is 7.65. The van der Waals surface area contributed by atoms with Crippen molar-refractivity contribution in [2.45, 2.75) is 26.2 Å². The number of carboxylic acid groups (broad SMARTS) is 1. The molecule has 1 saturated heterocycles. The number of carboxylic acids is 1. The third-order valence-electron chi connectivity index (χ3n) is 4.00. The summed E-state index contributed by atoms with van der Waals surface area (Å²) in [5, 5.41) is 10.4. The molecule has 110 valence electrons. The molecular weight excluding hydrogens is 252 g/mol. The smallest absolute Gasteiger partial charge is 0.0949 e. The zero-order valence-electron chi connectivity index (χ0n) is 12.2. The van der Waals surface area contributed by atoms with Crippen molar-refractivity contribution in [2.75, 3.05) is 37.6 Å². The van der Waals surface area contributed by atoms with Crippen molar-refractivity contribution >= 4 is 11.7 Å². The first-order valence-electron chi connectivity index (χ1n) is 7.50. The second kappa shape index (κ2) is 7.29. The Balaban J connectivity index is 1.71. The monoisotopic (exact) mass is 276 g/mol. The summed E-state index contributed by atoms with van der Waals surface area (Å²) in [5.74, 6) is -0.927. The largest absolute Gasteiger partial charge is 0.550 e. The Morgan fingerprint density at radius 2 is 2.05 bits per heavy atom. The Morgan fingerprint density at radius 3 is 2.70 bits per heavy atom. The fourth-order valence-corrected chi connectivity index (χ4v) is 2.80. The number of anilines is 1. The summed E-state index contributed by atoms with van der Waals surface area (Å²) in [6, 6.07) is 8.66. The van der Waals surface area contributed by atoms with Crippen molar-refractivity contribution in [1.29, 1.82) is 0 Å². The second-order valence-electron chi connectivity index (χ2n) is 5.66. The molecule has 0 aromatic heterocycles. The number of hydrogen-bond donors (Lipinski definition) is 1. The lowest BCUT2D eigenvalue weighted by Crippen LogP contribution is -3.14. The lowest BCUT2D eigenvalue weighted by atomic mass is 10.2. The average Bonchev–Trinajstić information content (AvgIpc) is 2.44. The quantitative estimate of drug-likeness (QED) is 0.721. The number of nitrogens with zero attached hydrogens (tertiary/aromatic N) is 1. The summed E-state index contributed by atoms with van der Waals surface area (Å²) < 4.78 is 0. The number of carbonyl (C=O) groups is 1. The maximum Gasteiger partial charge on any atom is 0.0949 e. The standard InChI is InChI=1S/C16H24N2O2/c1-14-5-4-6-15(13-14)18-11-9-17(10-12-18)8-3-2-7-16(19)20/h4-6,13H,2-3,7-12H2,1H3,(H,19,20). The first-order valence-corrected chi connectivity index (χ1v) is 7.50. The van der Waals surface area contributed by atoms with E-state index in [-0.39, 0.29) is 6.42 Å². The molecule has 0 atom stereocenters. The van der Waals surface area contributed by atoms with E-state index in [1.54, 1.807) is 4.90 Å². The summed E-state index contributed by atoms with van der Waals surface area (Å²) >= 11 is 0. The Kier molecular flexibility index (Phi) is 5.41. The predicted molar refractivity (Wildman–Crippen MR) is 77.8 cm³/mol. The van der Waals surface area contributed by atoms with Gasteiger partial charge in [-0.1, -0.05) is 12.1 Å². The zero-order chi connectivity index (χ0) is 14.4. The fourth-order valence-electron chi connectivity index (χ4n) is 2.80. The highest BCUT2D eigenvalue weighted by molar-refractivity contribution is 5.64. The van der Waals surface area contributed by atoms with Gasteiger partial charge in [-0.3, -0.25) is 0 Å². The van der Waals surface area contributed by atoms with Gasteiger partial charge in [-0.25, -0.2) is 0 Å². The van der Waals surface area contributed by atoms with Crippen LogP contribution in [-0.2, 0) is 4.79 Å². The molecule has 1 aromatic carbocycles. The maximum absolute atomic E-state index is 10.4. The molecule has 4 heteroatoms. The number of quaternary nitrogens is 1. The van der Waals surface area contributed by atoms with Gasteiger partial charge in [0.05, 0.1) is 32.7 Å². The zero-order valence-corrected chi connectivity index (χ0v) is 12.2. The van der Waals surface area contributed by atoms with Crippen molar-refractivity contribution in [2.24, 2.45) is 0 Å². The van der Waals surface area contributed by atoms with Crippen LogP contribution >= 0.6 is 0 Å². The van der Waals surface area contributed by atoms with Crippen LogP contribution in [-0.4, -0.2) is 38.7 Å². The van der Waals surface area contributed by atoms with Crippen molar-refractivity contribution in [3.05, 3.63) is 29.8 Å². The number of aliphatic carboxylic acids is 1. The minimum absolute atomic E-state index is 0.197. The predicted octanol–water partition coefficient (Wildman–Crippen LogP) is -0.380. The van der Waals surface area contributed by atoms with Gasteiger partial charge >= 0.3 is 0 Å². The molecule has 0 unspecified atom stereocenters. The number of hydrogen-bond acceptors (Lipinski definition) is 3. The van der Waals surface area contributed by atoms with Crippen molar-refractivity contribution in [1.82, 2.24) is 0 Å². The summed E-state index contributed by atoms with van der Waals surface area (Å²) in [5.41, 5.74) is 2.63. The number of aryl methyl sites for hydroxylation is 1. The minimum Gasteiger partial charge on any atom is -0.550 e. The minimum atomic E-state index is -0.927. The first-order chi connectivity index (χ1) is 9.65. The first kappa shape index (κ1) is 14.9.